The second-order valence-electron chi connectivity index (χ2n) is 4.42. The molecule has 14 heavy (non-hydrogen) atoms. The SMILES string of the molecule is Cc1cc(CN2CCCC(C)C2)on1. The Bertz CT molecular complexity index is 295. The van der Waals surface area contributed by atoms with Crippen molar-refractivity contribution in [2.24, 2.45) is 5.92 Å². The molecule has 0 saturated carbocycles. The van der Waals surface area contributed by atoms with Crippen molar-refractivity contribution in [3.8, 4) is 0 Å². The average molecular weight is 194 g/mol. The average Bonchev–Trinajstić information content (AvgIpc) is 2.51. The summed E-state index contributed by atoms with van der Waals surface area (Å²) >= 11 is 0. The van der Waals surface area contributed by atoms with E-state index in [1.165, 1.54) is 25.9 Å². The lowest BCUT2D eigenvalue weighted by atomic mass is 10.0. The van der Waals surface area contributed by atoms with Gasteiger partial charge in [0.05, 0.1) is 12.2 Å². The van der Waals surface area contributed by atoms with Crippen molar-refractivity contribution in [2.45, 2.75) is 33.2 Å². The van der Waals surface area contributed by atoms with Crippen LogP contribution in [-0.2, 0) is 6.54 Å². The van der Waals surface area contributed by atoms with E-state index in [-0.39, 0.29) is 0 Å². The minimum absolute atomic E-state index is 0.827. The molecule has 1 aliphatic heterocycles. The van der Waals surface area contributed by atoms with Crippen LogP contribution in [0.5, 0.6) is 0 Å². The topological polar surface area (TPSA) is 29.3 Å². The van der Waals surface area contributed by atoms with Crippen LogP contribution in [0.25, 0.3) is 0 Å². The predicted octanol–water partition coefficient (Wildman–Crippen LogP) is 2.21. The Kier molecular flexibility index (Phi) is 2.87. The first-order chi connectivity index (χ1) is 6.74. The third-order valence-electron chi connectivity index (χ3n) is 2.80. The number of hydrogen-bond acceptors (Lipinski definition) is 3. The molecule has 0 N–H and O–H groups in total. The largest absolute Gasteiger partial charge is 0.360 e. The summed E-state index contributed by atoms with van der Waals surface area (Å²) in [5.41, 5.74) is 0.977. The standard InChI is InChI=1S/C11H18N2O/c1-9-4-3-5-13(7-9)8-11-6-10(2)12-14-11/h6,9H,3-5,7-8H2,1-2H3. The van der Waals surface area contributed by atoms with E-state index in [0.29, 0.717) is 0 Å². The number of piperidine rings is 1. The van der Waals surface area contributed by atoms with Crippen LogP contribution in [0, 0.1) is 12.8 Å². The predicted molar refractivity (Wildman–Crippen MR) is 54.9 cm³/mol. The fourth-order valence-corrected chi connectivity index (χ4v) is 2.14. The van der Waals surface area contributed by atoms with Crippen molar-refractivity contribution < 1.29 is 4.52 Å². The van der Waals surface area contributed by atoms with Gasteiger partial charge in [0.25, 0.3) is 0 Å². The van der Waals surface area contributed by atoms with E-state index in [0.717, 1.165) is 23.9 Å². The molecule has 2 rings (SSSR count). The summed E-state index contributed by atoms with van der Waals surface area (Å²) in [5.74, 6) is 1.82. The van der Waals surface area contributed by atoms with Gasteiger partial charge in [-0.15, -0.1) is 0 Å². The Labute approximate surface area is 85.1 Å². The van der Waals surface area contributed by atoms with E-state index < -0.39 is 0 Å². The molecule has 0 radical (unpaired) electrons. The third kappa shape index (κ3) is 2.35. The second kappa shape index (κ2) is 4.13. The Morgan fingerprint density at radius 3 is 3.14 bits per heavy atom. The van der Waals surface area contributed by atoms with Crippen LogP contribution in [0.2, 0.25) is 0 Å². The van der Waals surface area contributed by atoms with Gasteiger partial charge in [0, 0.05) is 12.6 Å². The van der Waals surface area contributed by atoms with Gasteiger partial charge >= 0.3 is 0 Å². The van der Waals surface area contributed by atoms with Gasteiger partial charge in [0.15, 0.2) is 5.76 Å². The number of aromatic nitrogens is 1. The number of rotatable bonds is 2. The maximum absolute atomic E-state index is 5.21. The molecule has 0 aliphatic carbocycles. The highest BCUT2D eigenvalue weighted by molar-refractivity contribution is 5.02. The number of nitrogens with zero attached hydrogens (tertiary/aromatic N) is 2. The van der Waals surface area contributed by atoms with Crippen molar-refractivity contribution in [3.05, 3.63) is 17.5 Å². The van der Waals surface area contributed by atoms with Crippen molar-refractivity contribution in [1.82, 2.24) is 10.1 Å². The van der Waals surface area contributed by atoms with Crippen LogP contribution < -0.4 is 0 Å². The zero-order valence-corrected chi connectivity index (χ0v) is 8.99. The van der Waals surface area contributed by atoms with Gasteiger partial charge in [0.2, 0.25) is 0 Å². The summed E-state index contributed by atoms with van der Waals surface area (Å²) in [4.78, 5) is 2.45. The molecule has 0 amide bonds. The van der Waals surface area contributed by atoms with E-state index in [1.54, 1.807) is 0 Å². The Balaban J connectivity index is 1.90. The minimum Gasteiger partial charge on any atom is -0.360 e. The van der Waals surface area contributed by atoms with Gasteiger partial charge in [-0.2, -0.15) is 0 Å². The first-order valence-corrected chi connectivity index (χ1v) is 5.38. The summed E-state index contributed by atoms with van der Waals surface area (Å²) in [7, 11) is 0. The Hall–Kier alpha value is -0.830. The molecule has 1 unspecified atom stereocenters. The molecule has 1 aliphatic rings. The second-order valence-corrected chi connectivity index (χ2v) is 4.42. The van der Waals surface area contributed by atoms with Crippen LogP contribution in [0.4, 0.5) is 0 Å². The summed E-state index contributed by atoms with van der Waals surface area (Å²) in [5, 5.41) is 3.90. The molecular formula is C11H18N2O. The van der Waals surface area contributed by atoms with Crippen LogP contribution in [0.15, 0.2) is 10.6 Å². The Morgan fingerprint density at radius 2 is 2.50 bits per heavy atom. The van der Waals surface area contributed by atoms with E-state index in [9.17, 15) is 0 Å². The monoisotopic (exact) mass is 194 g/mol. The lowest BCUT2D eigenvalue weighted by molar-refractivity contribution is 0.160. The van der Waals surface area contributed by atoms with Crippen LogP contribution in [-0.4, -0.2) is 23.1 Å². The maximum Gasteiger partial charge on any atom is 0.150 e. The fraction of sp³-hybridized carbons (Fsp3) is 0.727. The maximum atomic E-state index is 5.21. The zero-order chi connectivity index (χ0) is 9.97. The smallest absolute Gasteiger partial charge is 0.150 e. The lowest BCUT2D eigenvalue weighted by Gasteiger charge is -2.29. The lowest BCUT2D eigenvalue weighted by Crippen LogP contribution is -2.33. The quantitative estimate of drug-likeness (QED) is 0.723. The van der Waals surface area contributed by atoms with Gasteiger partial charge in [-0.3, -0.25) is 4.90 Å². The highest BCUT2D eigenvalue weighted by Gasteiger charge is 2.17. The third-order valence-corrected chi connectivity index (χ3v) is 2.80. The summed E-state index contributed by atoms with van der Waals surface area (Å²) in [6, 6.07) is 2.03. The fourth-order valence-electron chi connectivity index (χ4n) is 2.14. The summed E-state index contributed by atoms with van der Waals surface area (Å²) < 4.78 is 5.21. The molecule has 2 heterocycles. The molecule has 1 aromatic rings. The van der Waals surface area contributed by atoms with Crippen molar-refractivity contribution in [1.29, 1.82) is 0 Å². The molecule has 78 valence electrons. The molecule has 0 bridgehead atoms. The molecular weight excluding hydrogens is 176 g/mol. The summed E-state index contributed by atoms with van der Waals surface area (Å²) in [6.45, 7) is 7.60. The first kappa shape index (κ1) is 9.71. The van der Waals surface area contributed by atoms with Gasteiger partial charge < -0.3 is 4.52 Å². The number of hydrogen-bond donors (Lipinski definition) is 0. The van der Waals surface area contributed by atoms with E-state index in [2.05, 4.69) is 17.0 Å². The van der Waals surface area contributed by atoms with Crippen molar-refractivity contribution in [3.63, 3.8) is 0 Å². The molecule has 1 saturated heterocycles. The number of likely N-dealkylation sites (tertiary alicyclic amines) is 1. The minimum atomic E-state index is 0.827. The van der Waals surface area contributed by atoms with Gasteiger partial charge in [-0.25, -0.2) is 0 Å². The van der Waals surface area contributed by atoms with E-state index in [1.807, 2.05) is 13.0 Å². The highest BCUT2D eigenvalue weighted by atomic mass is 16.5. The van der Waals surface area contributed by atoms with E-state index >= 15 is 0 Å². The molecule has 1 fully saturated rings. The van der Waals surface area contributed by atoms with E-state index in [4.69, 9.17) is 4.52 Å². The van der Waals surface area contributed by atoms with Crippen LogP contribution in [0.3, 0.4) is 0 Å². The van der Waals surface area contributed by atoms with Gasteiger partial charge in [-0.05, 0) is 32.2 Å². The van der Waals surface area contributed by atoms with Gasteiger partial charge in [0.1, 0.15) is 0 Å². The molecule has 1 aromatic heterocycles. The van der Waals surface area contributed by atoms with Crippen molar-refractivity contribution >= 4 is 0 Å². The van der Waals surface area contributed by atoms with Crippen LogP contribution >= 0.6 is 0 Å². The Morgan fingerprint density at radius 1 is 1.64 bits per heavy atom. The molecule has 0 spiro atoms. The number of aryl methyl sites for hydroxylation is 1. The molecule has 3 heteroatoms. The molecule has 1 atom stereocenters. The van der Waals surface area contributed by atoms with Gasteiger partial charge in [-0.1, -0.05) is 12.1 Å². The van der Waals surface area contributed by atoms with Crippen LogP contribution in [0.1, 0.15) is 31.2 Å². The molecule has 3 nitrogen and oxygen atoms in total. The summed E-state index contributed by atoms with van der Waals surface area (Å²) in [6.07, 6.45) is 2.68. The first-order valence-electron chi connectivity index (χ1n) is 5.38. The normalized spacial score (nSPS) is 24.0. The van der Waals surface area contributed by atoms with Crippen molar-refractivity contribution in [2.75, 3.05) is 13.1 Å². The zero-order valence-electron chi connectivity index (χ0n) is 8.99. The molecule has 0 aromatic carbocycles. The highest BCUT2D eigenvalue weighted by Crippen LogP contribution is 2.17.